The molecule has 1 saturated heterocycles. The first-order chi connectivity index (χ1) is 6.27. The number of carbonyl (C=O) groups is 1. The predicted molar refractivity (Wildman–Crippen MR) is 46.5 cm³/mol. The Bertz CT molecular complexity index is 337. The first-order valence-corrected chi connectivity index (χ1v) is 4.31. The van der Waals surface area contributed by atoms with Crippen LogP contribution in [0.2, 0.25) is 0 Å². The van der Waals surface area contributed by atoms with Crippen LogP contribution in [0.1, 0.15) is 24.4 Å². The van der Waals surface area contributed by atoms with Gasteiger partial charge in [-0.05, 0) is 12.5 Å². The standard InChI is InChI=1S/C10H10FNO/c11-8-4-2-1-3-7(8)9-5-6-10(13)12-9/h1-4,9H,5-6H2,(H,12,13). The molecule has 1 atom stereocenters. The first-order valence-electron chi connectivity index (χ1n) is 4.31. The number of hydrogen-bond acceptors (Lipinski definition) is 1. The monoisotopic (exact) mass is 179 g/mol. The maximum Gasteiger partial charge on any atom is 0.220 e. The Morgan fingerprint density at radius 1 is 1.38 bits per heavy atom. The molecule has 0 saturated carbocycles. The minimum Gasteiger partial charge on any atom is -0.349 e. The fourth-order valence-electron chi connectivity index (χ4n) is 1.61. The maximum absolute atomic E-state index is 13.2. The van der Waals surface area contributed by atoms with E-state index < -0.39 is 0 Å². The zero-order valence-corrected chi connectivity index (χ0v) is 7.09. The molecule has 1 amide bonds. The number of nitrogens with one attached hydrogen (secondary N) is 1. The van der Waals surface area contributed by atoms with Crippen molar-refractivity contribution in [3.05, 3.63) is 35.6 Å². The molecule has 13 heavy (non-hydrogen) atoms. The Morgan fingerprint density at radius 3 is 2.77 bits per heavy atom. The van der Waals surface area contributed by atoms with Crippen molar-refractivity contribution >= 4 is 5.91 Å². The van der Waals surface area contributed by atoms with Gasteiger partial charge in [-0.3, -0.25) is 4.79 Å². The van der Waals surface area contributed by atoms with E-state index >= 15 is 0 Å². The van der Waals surface area contributed by atoms with Gasteiger partial charge in [-0.1, -0.05) is 18.2 Å². The Hall–Kier alpha value is -1.38. The topological polar surface area (TPSA) is 29.1 Å². The molecule has 1 fully saturated rings. The number of rotatable bonds is 1. The fraction of sp³-hybridized carbons (Fsp3) is 0.300. The highest BCUT2D eigenvalue weighted by Crippen LogP contribution is 2.25. The second-order valence-electron chi connectivity index (χ2n) is 3.18. The van der Waals surface area contributed by atoms with Gasteiger partial charge < -0.3 is 5.32 Å². The Morgan fingerprint density at radius 2 is 2.15 bits per heavy atom. The number of carbonyl (C=O) groups excluding carboxylic acids is 1. The molecule has 1 N–H and O–H groups in total. The van der Waals surface area contributed by atoms with E-state index in [2.05, 4.69) is 5.32 Å². The summed E-state index contributed by atoms with van der Waals surface area (Å²) in [5.74, 6) is -0.233. The third-order valence-corrected chi connectivity index (χ3v) is 2.28. The van der Waals surface area contributed by atoms with E-state index in [1.165, 1.54) is 6.07 Å². The van der Waals surface area contributed by atoms with E-state index in [-0.39, 0.29) is 17.8 Å². The van der Waals surface area contributed by atoms with Crippen molar-refractivity contribution in [3.63, 3.8) is 0 Å². The molecule has 0 aliphatic carbocycles. The molecule has 0 radical (unpaired) electrons. The number of amides is 1. The molecule has 1 unspecified atom stereocenters. The van der Waals surface area contributed by atoms with Crippen LogP contribution >= 0.6 is 0 Å². The van der Waals surface area contributed by atoms with E-state index in [0.717, 1.165) is 0 Å². The van der Waals surface area contributed by atoms with E-state index in [1.54, 1.807) is 18.2 Å². The van der Waals surface area contributed by atoms with Gasteiger partial charge in [0.05, 0.1) is 6.04 Å². The zero-order chi connectivity index (χ0) is 9.26. The smallest absolute Gasteiger partial charge is 0.220 e. The van der Waals surface area contributed by atoms with Crippen LogP contribution in [0, 0.1) is 5.82 Å². The van der Waals surface area contributed by atoms with Gasteiger partial charge in [0.2, 0.25) is 5.91 Å². The minimum atomic E-state index is -0.241. The van der Waals surface area contributed by atoms with Gasteiger partial charge in [-0.2, -0.15) is 0 Å². The predicted octanol–water partition coefficient (Wildman–Crippen LogP) is 1.78. The average molecular weight is 179 g/mol. The van der Waals surface area contributed by atoms with Crippen molar-refractivity contribution in [2.24, 2.45) is 0 Å². The number of benzene rings is 1. The summed E-state index contributed by atoms with van der Waals surface area (Å²) in [4.78, 5) is 10.9. The second-order valence-corrected chi connectivity index (χ2v) is 3.18. The first kappa shape index (κ1) is 8.23. The maximum atomic E-state index is 13.2. The summed E-state index contributed by atoms with van der Waals surface area (Å²) in [5, 5.41) is 2.73. The third kappa shape index (κ3) is 1.54. The van der Waals surface area contributed by atoms with Crippen LogP contribution < -0.4 is 5.32 Å². The lowest BCUT2D eigenvalue weighted by molar-refractivity contribution is -0.119. The van der Waals surface area contributed by atoms with Crippen molar-refractivity contribution in [1.82, 2.24) is 5.32 Å². The molecule has 0 spiro atoms. The SMILES string of the molecule is O=C1CCC(c2ccccc2F)N1. The van der Waals surface area contributed by atoms with Crippen LogP contribution in [0.5, 0.6) is 0 Å². The molecule has 2 rings (SSSR count). The van der Waals surface area contributed by atoms with Crippen molar-refractivity contribution < 1.29 is 9.18 Å². The lowest BCUT2D eigenvalue weighted by Crippen LogP contribution is -2.19. The summed E-state index contributed by atoms with van der Waals surface area (Å²) >= 11 is 0. The van der Waals surface area contributed by atoms with Gasteiger partial charge in [0.1, 0.15) is 5.82 Å². The largest absolute Gasteiger partial charge is 0.349 e. The molecule has 2 nitrogen and oxygen atoms in total. The molecular formula is C10H10FNO. The summed E-state index contributed by atoms with van der Waals surface area (Å²) in [6.07, 6.45) is 1.19. The lowest BCUT2D eigenvalue weighted by Gasteiger charge is -2.10. The molecular weight excluding hydrogens is 169 g/mol. The molecule has 1 heterocycles. The quantitative estimate of drug-likeness (QED) is 0.699. The molecule has 1 aliphatic rings. The van der Waals surface area contributed by atoms with Crippen LogP contribution in [0.15, 0.2) is 24.3 Å². The Labute approximate surface area is 75.8 Å². The molecule has 68 valence electrons. The zero-order valence-electron chi connectivity index (χ0n) is 7.09. The summed E-state index contributed by atoms with van der Waals surface area (Å²) in [7, 11) is 0. The normalized spacial score (nSPS) is 21.6. The van der Waals surface area contributed by atoms with Crippen LogP contribution in [0.3, 0.4) is 0 Å². The highest BCUT2D eigenvalue weighted by molar-refractivity contribution is 5.78. The Balaban J connectivity index is 2.26. The van der Waals surface area contributed by atoms with Crippen molar-refractivity contribution in [2.45, 2.75) is 18.9 Å². The van der Waals surface area contributed by atoms with Gasteiger partial charge in [0.15, 0.2) is 0 Å². The van der Waals surface area contributed by atoms with Crippen LogP contribution in [-0.4, -0.2) is 5.91 Å². The van der Waals surface area contributed by atoms with E-state index in [0.29, 0.717) is 18.4 Å². The molecule has 3 heteroatoms. The molecule has 1 aliphatic heterocycles. The van der Waals surface area contributed by atoms with E-state index in [4.69, 9.17) is 0 Å². The van der Waals surface area contributed by atoms with Crippen LogP contribution in [0.25, 0.3) is 0 Å². The second kappa shape index (κ2) is 3.17. The van der Waals surface area contributed by atoms with Gasteiger partial charge in [0.25, 0.3) is 0 Å². The summed E-state index contributed by atoms with van der Waals surface area (Å²) in [6, 6.07) is 6.43. The fourth-order valence-corrected chi connectivity index (χ4v) is 1.61. The highest BCUT2D eigenvalue weighted by atomic mass is 19.1. The molecule has 1 aromatic carbocycles. The number of halogens is 1. The molecule has 0 aromatic heterocycles. The average Bonchev–Trinajstić information content (AvgIpc) is 2.53. The van der Waals surface area contributed by atoms with E-state index in [1.807, 2.05) is 0 Å². The lowest BCUT2D eigenvalue weighted by atomic mass is 10.1. The third-order valence-electron chi connectivity index (χ3n) is 2.28. The highest BCUT2D eigenvalue weighted by Gasteiger charge is 2.23. The van der Waals surface area contributed by atoms with Gasteiger partial charge in [-0.15, -0.1) is 0 Å². The van der Waals surface area contributed by atoms with Crippen molar-refractivity contribution in [3.8, 4) is 0 Å². The van der Waals surface area contributed by atoms with Crippen molar-refractivity contribution in [2.75, 3.05) is 0 Å². The van der Waals surface area contributed by atoms with E-state index in [9.17, 15) is 9.18 Å². The van der Waals surface area contributed by atoms with Crippen molar-refractivity contribution in [1.29, 1.82) is 0 Å². The minimum absolute atomic E-state index is 0.00764. The summed E-state index contributed by atoms with van der Waals surface area (Å²) in [6.45, 7) is 0. The Kier molecular flexibility index (Phi) is 2.00. The number of hydrogen-bond donors (Lipinski definition) is 1. The summed E-state index contributed by atoms with van der Waals surface area (Å²) < 4.78 is 13.2. The van der Waals surface area contributed by atoms with Gasteiger partial charge >= 0.3 is 0 Å². The summed E-state index contributed by atoms with van der Waals surface area (Å²) in [5.41, 5.74) is 0.591. The van der Waals surface area contributed by atoms with Gasteiger partial charge in [0, 0.05) is 12.0 Å². The van der Waals surface area contributed by atoms with Gasteiger partial charge in [-0.25, -0.2) is 4.39 Å². The molecule has 0 bridgehead atoms. The van der Waals surface area contributed by atoms with Crippen LogP contribution in [0.4, 0.5) is 4.39 Å². The van der Waals surface area contributed by atoms with Crippen LogP contribution in [-0.2, 0) is 4.79 Å². The molecule has 1 aromatic rings.